The molecule has 1 amide bonds. The Bertz CT molecular complexity index is 723. The molecule has 0 spiro atoms. The largest absolute Gasteiger partial charge is 0.311 e. The Kier molecular flexibility index (Phi) is 4.76. The molecule has 1 aromatic heterocycles. The van der Waals surface area contributed by atoms with Crippen LogP contribution in [0.15, 0.2) is 29.2 Å². The molecule has 1 aliphatic rings. The van der Waals surface area contributed by atoms with Crippen molar-refractivity contribution in [2.24, 2.45) is 7.05 Å². The van der Waals surface area contributed by atoms with E-state index < -0.39 is 0 Å². The lowest BCUT2D eigenvalue weighted by Gasteiger charge is -2.22. The van der Waals surface area contributed by atoms with Crippen LogP contribution in [-0.2, 0) is 18.3 Å². The van der Waals surface area contributed by atoms with Gasteiger partial charge < -0.3 is 4.90 Å². The van der Waals surface area contributed by atoms with Gasteiger partial charge in [0, 0.05) is 30.6 Å². The molecule has 0 bridgehead atoms. The second kappa shape index (κ2) is 6.79. The van der Waals surface area contributed by atoms with Crippen molar-refractivity contribution in [1.82, 2.24) is 9.78 Å². The summed E-state index contributed by atoms with van der Waals surface area (Å²) in [5.74, 6) is 1.28. The summed E-state index contributed by atoms with van der Waals surface area (Å²) in [4.78, 5) is 16.0. The number of amides is 1. The van der Waals surface area contributed by atoms with Crippen molar-refractivity contribution < 1.29 is 4.79 Å². The van der Waals surface area contributed by atoms with Crippen LogP contribution in [0.5, 0.6) is 0 Å². The smallest absolute Gasteiger partial charge is 0.227 e. The van der Waals surface area contributed by atoms with Gasteiger partial charge in [-0.25, -0.2) is 0 Å². The van der Waals surface area contributed by atoms with E-state index in [-0.39, 0.29) is 5.91 Å². The summed E-state index contributed by atoms with van der Waals surface area (Å²) in [5.41, 5.74) is 4.46. The van der Waals surface area contributed by atoms with Gasteiger partial charge in [-0.2, -0.15) is 5.10 Å². The minimum absolute atomic E-state index is 0.211. The van der Waals surface area contributed by atoms with E-state index in [1.807, 2.05) is 47.4 Å². The van der Waals surface area contributed by atoms with Crippen LogP contribution >= 0.6 is 11.8 Å². The van der Waals surface area contributed by atoms with Gasteiger partial charge in [0.15, 0.2) is 0 Å². The molecule has 0 fully saturated rings. The van der Waals surface area contributed by atoms with E-state index >= 15 is 0 Å². The van der Waals surface area contributed by atoms with Gasteiger partial charge >= 0.3 is 0 Å². The summed E-state index contributed by atoms with van der Waals surface area (Å²) in [5, 5.41) is 4.44. The first kappa shape index (κ1) is 16.1. The average Bonchev–Trinajstić information content (AvgIpc) is 2.71. The quantitative estimate of drug-likeness (QED) is 0.865. The summed E-state index contributed by atoms with van der Waals surface area (Å²) < 4.78 is 1.90. The molecule has 0 N–H and O–H groups in total. The molecular weight excluding hydrogens is 306 g/mol. The molecule has 1 aliphatic heterocycles. The maximum atomic E-state index is 12.8. The van der Waals surface area contributed by atoms with Crippen LogP contribution in [0.25, 0.3) is 0 Å². The third-order valence-electron chi connectivity index (χ3n) is 4.49. The number of anilines is 1. The van der Waals surface area contributed by atoms with Gasteiger partial charge in [-0.1, -0.05) is 12.1 Å². The predicted molar refractivity (Wildman–Crippen MR) is 95.1 cm³/mol. The molecule has 3 rings (SSSR count). The van der Waals surface area contributed by atoms with E-state index in [0.717, 1.165) is 42.2 Å². The summed E-state index contributed by atoms with van der Waals surface area (Å²) in [6, 6.07) is 8.23. The zero-order valence-corrected chi connectivity index (χ0v) is 14.8. The number of rotatable bonds is 3. The van der Waals surface area contributed by atoms with Gasteiger partial charge in [0.05, 0.1) is 11.4 Å². The van der Waals surface area contributed by atoms with Crippen molar-refractivity contribution in [2.45, 2.75) is 38.0 Å². The number of carbonyl (C=O) groups excluding carboxylic acids is 1. The third kappa shape index (κ3) is 3.29. The molecule has 0 aliphatic carbocycles. The first-order chi connectivity index (χ1) is 11.1. The monoisotopic (exact) mass is 329 g/mol. The third-order valence-corrected chi connectivity index (χ3v) is 5.64. The normalized spacial score (nSPS) is 14.5. The first-order valence-corrected chi connectivity index (χ1v) is 9.07. The molecule has 122 valence electrons. The summed E-state index contributed by atoms with van der Waals surface area (Å²) in [7, 11) is 1.95. The number of hydrogen-bond donors (Lipinski definition) is 0. The molecule has 4 nitrogen and oxygen atoms in total. The van der Waals surface area contributed by atoms with Crippen molar-refractivity contribution in [3.8, 4) is 0 Å². The van der Waals surface area contributed by atoms with Crippen LogP contribution in [0, 0.1) is 13.8 Å². The molecule has 5 heteroatoms. The van der Waals surface area contributed by atoms with Crippen molar-refractivity contribution in [2.75, 3.05) is 17.2 Å². The molecule has 0 saturated carbocycles. The Morgan fingerprint density at radius 2 is 2.09 bits per heavy atom. The lowest BCUT2D eigenvalue weighted by Crippen LogP contribution is -2.32. The van der Waals surface area contributed by atoms with E-state index in [2.05, 4.69) is 24.2 Å². The number of thioether (sulfide) groups is 1. The van der Waals surface area contributed by atoms with Crippen LogP contribution < -0.4 is 4.90 Å². The molecule has 1 aromatic carbocycles. The number of hydrogen-bond acceptors (Lipinski definition) is 3. The summed E-state index contributed by atoms with van der Waals surface area (Å²) >= 11 is 1.85. The highest BCUT2D eigenvalue weighted by Crippen LogP contribution is 2.34. The number of aromatic nitrogens is 2. The van der Waals surface area contributed by atoms with Gasteiger partial charge in [0.1, 0.15) is 0 Å². The maximum absolute atomic E-state index is 12.8. The lowest BCUT2D eigenvalue weighted by molar-refractivity contribution is -0.118. The van der Waals surface area contributed by atoms with Crippen LogP contribution in [-0.4, -0.2) is 28.0 Å². The van der Waals surface area contributed by atoms with Gasteiger partial charge in [-0.3, -0.25) is 9.48 Å². The highest BCUT2D eigenvalue weighted by atomic mass is 32.2. The van der Waals surface area contributed by atoms with Gasteiger partial charge in [0.25, 0.3) is 0 Å². The van der Waals surface area contributed by atoms with Crippen LogP contribution in [0.2, 0.25) is 0 Å². The fourth-order valence-electron chi connectivity index (χ4n) is 3.13. The van der Waals surface area contributed by atoms with E-state index in [4.69, 9.17) is 0 Å². The van der Waals surface area contributed by atoms with Crippen LogP contribution in [0.1, 0.15) is 29.8 Å². The molecule has 2 heterocycles. The Labute approximate surface area is 141 Å². The van der Waals surface area contributed by atoms with E-state index in [1.54, 1.807) is 0 Å². The Hall–Kier alpha value is -1.75. The van der Waals surface area contributed by atoms with Crippen LogP contribution in [0.3, 0.4) is 0 Å². The molecule has 23 heavy (non-hydrogen) atoms. The zero-order chi connectivity index (χ0) is 16.4. The van der Waals surface area contributed by atoms with Crippen molar-refractivity contribution in [3.63, 3.8) is 0 Å². The molecule has 0 radical (unpaired) electrons. The standard InChI is InChI=1S/C18H23N3OS/c1-13-15(14(2)20(3)19-13)9-10-18(22)21-11-6-12-23-17-8-5-4-7-16(17)21/h4-5,7-8H,6,9-12H2,1-3H3. The number of aryl methyl sites for hydroxylation is 2. The second-order valence-corrected chi connectivity index (χ2v) is 7.12. The average molecular weight is 329 g/mol. The topological polar surface area (TPSA) is 38.1 Å². The SMILES string of the molecule is Cc1nn(C)c(C)c1CCC(=O)N1CCCSc2ccccc21. The first-order valence-electron chi connectivity index (χ1n) is 8.09. The Morgan fingerprint density at radius 1 is 1.30 bits per heavy atom. The minimum atomic E-state index is 0.211. The highest BCUT2D eigenvalue weighted by molar-refractivity contribution is 7.99. The van der Waals surface area contributed by atoms with Gasteiger partial charge in [-0.15, -0.1) is 11.8 Å². The molecule has 2 aromatic rings. The van der Waals surface area contributed by atoms with Crippen molar-refractivity contribution in [3.05, 3.63) is 41.2 Å². The van der Waals surface area contributed by atoms with Crippen LogP contribution in [0.4, 0.5) is 5.69 Å². The maximum Gasteiger partial charge on any atom is 0.227 e. The number of benzene rings is 1. The second-order valence-electron chi connectivity index (χ2n) is 5.99. The Morgan fingerprint density at radius 3 is 2.83 bits per heavy atom. The predicted octanol–water partition coefficient (Wildman–Crippen LogP) is 3.50. The lowest BCUT2D eigenvalue weighted by atomic mass is 10.1. The van der Waals surface area contributed by atoms with E-state index in [1.165, 1.54) is 10.5 Å². The fourth-order valence-corrected chi connectivity index (χ4v) is 4.13. The molecular formula is C18H23N3OS. The molecule has 0 unspecified atom stereocenters. The number of para-hydroxylation sites is 1. The van der Waals surface area contributed by atoms with E-state index in [9.17, 15) is 4.79 Å². The molecule has 0 atom stereocenters. The van der Waals surface area contributed by atoms with E-state index in [0.29, 0.717) is 6.42 Å². The number of fused-ring (bicyclic) bond motifs is 1. The summed E-state index contributed by atoms with van der Waals surface area (Å²) in [6.07, 6.45) is 2.33. The van der Waals surface area contributed by atoms with Gasteiger partial charge in [0.2, 0.25) is 5.91 Å². The highest BCUT2D eigenvalue weighted by Gasteiger charge is 2.21. The number of carbonyl (C=O) groups is 1. The van der Waals surface area contributed by atoms with Gasteiger partial charge in [-0.05, 0) is 50.1 Å². The number of nitrogens with zero attached hydrogens (tertiary/aromatic N) is 3. The molecule has 0 saturated heterocycles. The fraction of sp³-hybridized carbons (Fsp3) is 0.444. The minimum Gasteiger partial charge on any atom is -0.311 e. The summed E-state index contributed by atoms with van der Waals surface area (Å²) in [6.45, 7) is 4.90. The van der Waals surface area contributed by atoms with Crippen molar-refractivity contribution >= 4 is 23.4 Å². The van der Waals surface area contributed by atoms with Crippen molar-refractivity contribution in [1.29, 1.82) is 0 Å². The zero-order valence-electron chi connectivity index (χ0n) is 14.0. The Balaban J connectivity index is 1.76.